The third-order valence-corrected chi connectivity index (χ3v) is 4.45. The van der Waals surface area contributed by atoms with Crippen molar-refractivity contribution in [1.82, 2.24) is 0 Å². The van der Waals surface area contributed by atoms with Gasteiger partial charge in [0.2, 0.25) is 0 Å². The van der Waals surface area contributed by atoms with Crippen LogP contribution >= 0.6 is 0 Å². The molecule has 0 aliphatic rings. The summed E-state index contributed by atoms with van der Waals surface area (Å²) < 4.78 is 0. The lowest BCUT2D eigenvalue weighted by Gasteiger charge is -2.13. The van der Waals surface area contributed by atoms with Gasteiger partial charge in [0.25, 0.3) is 0 Å². The lowest BCUT2D eigenvalue weighted by molar-refractivity contribution is 1.47. The second kappa shape index (κ2) is 7.59. The first-order valence-electron chi connectivity index (χ1n) is 8.85. The van der Waals surface area contributed by atoms with Gasteiger partial charge in [-0.3, -0.25) is 0 Å². The fourth-order valence-electron chi connectivity index (χ4n) is 3.09. The van der Waals surface area contributed by atoms with Crippen LogP contribution in [-0.2, 0) is 0 Å². The first-order chi connectivity index (χ1) is 13.3. The van der Waals surface area contributed by atoms with Gasteiger partial charge >= 0.3 is 0 Å². The minimum atomic E-state index is 0.656. The third-order valence-electron chi connectivity index (χ3n) is 4.45. The molecule has 0 atom stereocenters. The largest absolute Gasteiger partial charge is 0.355 e. The van der Waals surface area contributed by atoms with E-state index in [0.29, 0.717) is 5.56 Å². The van der Waals surface area contributed by atoms with Gasteiger partial charge in [-0.25, -0.2) is 0 Å². The monoisotopic (exact) mass is 346 g/mol. The summed E-state index contributed by atoms with van der Waals surface area (Å²) in [4.78, 5) is 0. The number of nitriles is 1. The van der Waals surface area contributed by atoms with Crippen LogP contribution in [0, 0.1) is 11.3 Å². The number of hydrogen-bond donors (Lipinski definition) is 1. The molecule has 0 bridgehead atoms. The summed E-state index contributed by atoms with van der Waals surface area (Å²) in [7, 11) is 0. The van der Waals surface area contributed by atoms with Crippen molar-refractivity contribution in [1.29, 1.82) is 5.26 Å². The van der Waals surface area contributed by atoms with Gasteiger partial charge in [-0.2, -0.15) is 5.26 Å². The Bertz CT molecular complexity index is 1020. The molecule has 4 aromatic rings. The van der Waals surface area contributed by atoms with E-state index in [2.05, 4.69) is 78.1 Å². The van der Waals surface area contributed by atoms with Crippen LogP contribution in [0.4, 0.5) is 11.4 Å². The molecule has 0 aliphatic heterocycles. The minimum Gasteiger partial charge on any atom is -0.355 e. The molecule has 0 unspecified atom stereocenters. The Morgan fingerprint density at radius 2 is 1.04 bits per heavy atom. The molecule has 0 fully saturated rings. The molecule has 128 valence electrons. The van der Waals surface area contributed by atoms with Gasteiger partial charge in [-0.1, -0.05) is 60.7 Å². The van der Waals surface area contributed by atoms with Gasteiger partial charge in [0.15, 0.2) is 0 Å². The molecule has 27 heavy (non-hydrogen) atoms. The van der Waals surface area contributed by atoms with Crippen LogP contribution in [0.5, 0.6) is 0 Å². The van der Waals surface area contributed by atoms with E-state index in [0.717, 1.165) is 22.5 Å². The molecular weight excluding hydrogens is 328 g/mol. The van der Waals surface area contributed by atoms with Crippen molar-refractivity contribution in [2.75, 3.05) is 5.32 Å². The molecular formula is C25H18N2. The Hall–Kier alpha value is -3.83. The summed E-state index contributed by atoms with van der Waals surface area (Å²) in [6.07, 6.45) is 0. The molecule has 1 N–H and O–H groups in total. The summed E-state index contributed by atoms with van der Waals surface area (Å²) in [6.45, 7) is 0. The molecule has 2 heteroatoms. The fourth-order valence-corrected chi connectivity index (χ4v) is 3.09. The molecule has 4 rings (SSSR count). The quantitative estimate of drug-likeness (QED) is 0.450. The number of anilines is 2. The van der Waals surface area contributed by atoms with Crippen molar-refractivity contribution in [2.24, 2.45) is 0 Å². The van der Waals surface area contributed by atoms with Crippen molar-refractivity contribution in [2.45, 2.75) is 0 Å². The van der Waals surface area contributed by atoms with E-state index < -0.39 is 0 Å². The summed E-state index contributed by atoms with van der Waals surface area (Å²) in [5, 5.41) is 12.4. The molecule has 0 amide bonds. The maximum absolute atomic E-state index is 8.97. The fraction of sp³-hybridized carbons (Fsp3) is 0. The normalized spacial score (nSPS) is 10.2. The van der Waals surface area contributed by atoms with Crippen LogP contribution in [0.3, 0.4) is 0 Å². The SMILES string of the molecule is N#Cc1ccc(Nc2cc(-c3ccccc3)cc(-c3ccccc3)c2)cc1. The van der Waals surface area contributed by atoms with E-state index in [1.165, 1.54) is 11.1 Å². The van der Waals surface area contributed by atoms with Gasteiger partial charge in [0.1, 0.15) is 0 Å². The van der Waals surface area contributed by atoms with Gasteiger partial charge in [0.05, 0.1) is 11.6 Å². The summed E-state index contributed by atoms with van der Waals surface area (Å²) in [5.74, 6) is 0. The van der Waals surface area contributed by atoms with Crippen molar-refractivity contribution >= 4 is 11.4 Å². The van der Waals surface area contributed by atoms with Gasteiger partial charge in [-0.05, 0) is 64.7 Å². The predicted octanol–water partition coefficient (Wildman–Crippen LogP) is 6.64. The third kappa shape index (κ3) is 3.89. The Labute approximate surface area is 159 Å². The molecule has 0 radical (unpaired) electrons. The van der Waals surface area contributed by atoms with Crippen molar-refractivity contribution in [3.05, 3.63) is 109 Å². The molecule has 0 saturated heterocycles. The molecule has 2 nitrogen and oxygen atoms in total. The van der Waals surface area contributed by atoms with Crippen LogP contribution in [0.2, 0.25) is 0 Å². The zero-order chi connectivity index (χ0) is 18.5. The van der Waals surface area contributed by atoms with Gasteiger partial charge < -0.3 is 5.32 Å². The summed E-state index contributed by atoms with van der Waals surface area (Å²) in [6, 6.07) is 36.9. The van der Waals surface area contributed by atoms with Crippen LogP contribution in [0.15, 0.2) is 103 Å². The first-order valence-corrected chi connectivity index (χ1v) is 8.85. The Morgan fingerprint density at radius 1 is 0.519 bits per heavy atom. The number of nitrogens with one attached hydrogen (secondary N) is 1. The number of benzene rings is 4. The van der Waals surface area contributed by atoms with Gasteiger partial charge in [0, 0.05) is 11.4 Å². The lowest BCUT2D eigenvalue weighted by Crippen LogP contribution is -1.92. The first kappa shape index (κ1) is 16.6. The molecule has 0 spiro atoms. The predicted molar refractivity (Wildman–Crippen MR) is 112 cm³/mol. The highest BCUT2D eigenvalue weighted by Crippen LogP contribution is 2.31. The second-order valence-corrected chi connectivity index (χ2v) is 6.35. The maximum Gasteiger partial charge on any atom is 0.0991 e. The van der Waals surface area contributed by atoms with Crippen molar-refractivity contribution in [3.8, 4) is 28.3 Å². The second-order valence-electron chi connectivity index (χ2n) is 6.35. The minimum absolute atomic E-state index is 0.656. The van der Waals surface area contributed by atoms with Crippen LogP contribution in [0.25, 0.3) is 22.3 Å². The molecule has 0 heterocycles. The molecule has 0 aromatic heterocycles. The lowest BCUT2D eigenvalue weighted by atomic mass is 9.98. The zero-order valence-corrected chi connectivity index (χ0v) is 14.8. The molecule has 0 saturated carbocycles. The highest BCUT2D eigenvalue weighted by molar-refractivity contribution is 5.79. The van der Waals surface area contributed by atoms with E-state index >= 15 is 0 Å². The Kier molecular flexibility index (Phi) is 4.68. The van der Waals surface area contributed by atoms with E-state index in [9.17, 15) is 0 Å². The van der Waals surface area contributed by atoms with E-state index in [1.807, 2.05) is 36.4 Å². The molecule has 4 aromatic carbocycles. The van der Waals surface area contributed by atoms with Crippen molar-refractivity contribution < 1.29 is 0 Å². The summed E-state index contributed by atoms with van der Waals surface area (Å²) >= 11 is 0. The number of hydrogen-bond acceptors (Lipinski definition) is 2. The highest BCUT2D eigenvalue weighted by atomic mass is 14.9. The Balaban J connectivity index is 1.77. The number of rotatable bonds is 4. The number of nitrogens with zero attached hydrogens (tertiary/aromatic N) is 1. The van der Waals surface area contributed by atoms with Crippen molar-refractivity contribution in [3.63, 3.8) is 0 Å². The summed E-state index contributed by atoms with van der Waals surface area (Å²) in [5.41, 5.74) is 7.30. The average Bonchev–Trinajstić information content (AvgIpc) is 2.75. The Morgan fingerprint density at radius 3 is 1.52 bits per heavy atom. The average molecular weight is 346 g/mol. The highest BCUT2D eigenvalue weighted by Gasteiger charge is 2.06. The van der Waals surface area contributed by atoms with E-state index in [4.69, 9.17) is 5.26 Å². The van der Waals surface area contributed by atoms with Crippen LogP contribution in [-0.4, -0.2) is 0 Å². The zero-order valence-electron chi connectivity index (χ0n) is 14.8. The molecule has 0 aliphatic carbocycles. The topological polar surface area (TPSA) is 35.8 Å². The maximum atomic E-state index is 8.97. The van der Waals surface area contributed by atoms with E-state index in [-0.39, 0.29) is 0 Å². The van der Waals surface area contributed by atoms with E-state index in [1.54, 1.807) is 0 Å². The smallest absolute Gasteiger partial charge is 0.0991 e. The standard InChI is InChI=1S/C25H18N2/c26-18-19-11-13-24(14-12-19)27-25-16-22(20-7-3-1-4-8-20)15-23(17-25)21-9-5-2-6-10-21/h1-17,27H. The van der Waals surface area contributed by atoms with Gasteiger partial charge in [-0.15, -0.1) is 0 Å². The van der Waals surface area contributed by atoms with Crippen LogP contribution < -0.4 is 5.32 Å². The van der Waals surface area contributed by atoms with Crippen LogP contribution in [0.1, 0.15) is 5.56 Å².